The minimum atomic E-state index is -0.714. The topological polar surface area (TPSA) is 60.2 Å². The number of hydrogen-bond acceptors (Lipinski definition) is 2. The first-order valence-corrected chi connectivity index (χ1v) is 7.11. The lowest BCUT2D eigenvalue weighted by molar-refractivity contribution is -0.116. The monoisotopic (exact) mass is 303 g/mol. The number of ketones is 1. The molecule has 2 aromatic rings. The standard InChI is InChI=1S/C20H17NO2/c1-15(20(21)23)18(14-17-10-6-3-7-11-17)19(22)13-12-16-8-4-2-5-9-16/h2-14H,1H2,(H2,21,23). The summed E-state index contributed by atoms with van der Waals surface area (Å²) in [6.45, 7) is 3.63. The van der Waals surface area contributed by atoms with Crippen LogP contribution in [0, 0.1) is 0 Å². The molecule has 2 rings (SSSR count). The fraction of sp³-hybridized carbons (Fsp3) is 0. The number of rotatable bonds is 6. The highest BCUT2D eigenvalue weighted by atomic mass is 16.1. The summed E-state index contributed by atoms with van der Waals surface area (Å²) in [5.74, 6) is -1.03. The molecule has 0 unspecified atom stereocenters. The molecule has 0 spiro atoms. The number of primary amides is 1. The molecule has 114 valence electrons. The molecule has 0 heterocycles. The largest absolute Gasteiger partial charge is 0.366 e. The Hall–Kier alpha value is -3.20. The lowest BCUT2D eigenvalue weighted by Gasteiger charge is -2.05. The molecular weight excluding hydrogens is 286 g/mol. The van der Waals surface area contributed by atoms with E-state index in [2.05, 4.69) is 6.58 Å². The summed E-state index contributed by atoms with van der Waals surface area (Å²) < 4.78 is 0. The highest BCUT2D eigenvalue weighted by Crippen LogP contribution is 2.16. The molecule has 2 aromatic carbocycles. The van der Waals surface area contributed by atoms with Gasteiger partial charge in [-0.25, -0.2) is 0 Å². The second kappa shape index (κ2) is 7.71. The summed E-state index contributed by atoms with van der Waals surface area (Å²) in [5.41, 5.74) is 7.16. The first-order valence-electron chi connectivity index (χ1n) is 7.11. The Balaban J connectivity index is 2.32. The van der Waals surface area contributed by atoms with Crippen LogP contribution in [-0.4, -0.2) is 11.7 Å². The first kappa shape index (κ1) is 16.2. The smallest absolute Gasteiger partial charge is 0.248 e. The highest BCUT2D eigenvalue weighted by molar-refractivity contribution is 6.18. The van der Waals surface area contributed by atoms with E-state index in [-0.39, 0.29) is 16.9 Å². The quantitative estimate of drug-likeness (QED) is 0.657. The molecule has 0 saturated carbocycles. The molecule has 1 amide bonds. The Kier molecular flexibility index (Phi) is 5.42. The van der Waals surface area contributed by atoms with Crippen molar-refractivity contribution in [3.05, 3.63) is 95.6 Å². The van der Waals surface area contributed by atoms with E-state index in [9.17, 15) is 9.59 Å². The molecule has 0 fully saturated rings. The van der Waals surface area contributed by atoms with Gasteiger partial charge in [0.25, 0.3) is 0 Å². The Labute approximate surface area is 135 Å². The number of carbonyl (C=O) groups is 2. The van der Waals surface area contributed by atoms with Crippen molar-refractivity contribution in [2.24, 2.45) is 5.73 Å². The van der Waals surface area contributed by atoms with Crippen LogP contribution in [0.25, 0.3) is 12.2 Å². The van der Waals surface area contributed by atoms with E-state index >= 15 is 0 Å². The van der Waals surface area contributed by atoms with Crippen molar-refractivity contribution in [2.45, 2.75) is 0 Å². The highest BCUT2D eigenvalue weighted by Gasteiger charge is 2.14. The van der Waals surface area contributed by atoms with Crippen LogP contribution in [-0.2, 0) is 9.59 Å². The molecule has 3 heteroatoms. The third-order valence-electron chi connectivity index (χ3n) is 3.23. The fourth-order valence-electron chi connectivity index (χ4n) is 1.98. The van der Waals surface area contributed by atoms with Gasteiger partial charge < -0.3 is 5.73 Å². The lowest BCUT2D eigenvalue weighted by Crippen LogP contribution is -2.17. The minimum absolute atomic E-state index is 0.00318. The second-order valence-electron chi connectivity index (χ2n) is 4.92. The van der Waals surface area contributed by atoms with Gasteiger partial charge in [0.05, 0.1) is 0 Å². The number of carbonyl (C=O) groups excluding carboxylic acids is 2. The zero-order chi connectivity index (χ0) is 16.7. The number of hydrogen-bond donors (Lipinski definition) is 1. The molecule has 0 aliphatic carbocycles. The maximum absolute atomic E-state index is 12.4. The molecule has 3 nitrogen and oxygen atoms in total. The van der Waals surface area contributed by atoms with E-state index in [1.165, 1.54) is 6.08 Å². The first-order chi connectivity index (χ1) is 11.1. The Bertz CT molecular complexity index is 772. The normalized spacial score (nSPS) is 11.4. The minimum Gasteiger partial charge on any atom is -0.366 e. The molecule has 0 aliphatic rings. The van der Waals surface area contributed by atoms with Crippen LogP contribution >= 0.6 is 0 Å². The van der Waals surface area contributed by atoms with Gasteiger partial charge in [0.1, 0.15) is 0 Å². The van der Waals surface area contributed by atoms with Crippen molar-refractivity contribution in [1.29, 1.82) is 0 Å². The van der Waals surface area contributed by atoms with Crippen LogP contribution in [0.3, 0.4) is 0 Å². The molecule has 0 aliphatic heterocycles. The van der Waals surface area contributed by atoms with Gasteiger partial charge in [0.15, 0.2) is 5.78 Å². The third kappa shape index (κ3) is 4.64. The summed E-state index contributed by atoms with van der Waals surface area (Å²) in [5, 5.41) is 0. The Morgan fingerprint density at radius 2 is 1.39 bits per heavy atom. The predicted octanol–water partition coefficient (Wildman–Crippen LogP) is 3.39. The lowest BCUT2D eigenvalue weighted by atomic mass is 9.99. The van der Waals surface area contributed by atoms with Crippen LogP contribution in [0.5, 0.6) is 0 Å². The SMILES string of the molecule is C=C(C(N)=O)C(=Cc1ccccc1)C(=O)C=Cc1ccccc1. The Morgan fingerprint density at radius 1 is 0.870 bits per heavy atom. The van der Waals surface area contributed by atoms with Gasteiger partial charge in [0, 0.05) is 11.1 Å². The number of benzene rings is 2. The zero-order valence-electron chi connectivity index (χ0n) is 12.6. The van der Waals surface area contributed by atoms with Gasteiger partial charge in [-0.1, -0.05) is 73.3 Å². The van der Waals surface area contributed by atoms with Gasteiger partial charge in [-0.05, 0) is 23.3 Å². The molecule has 23 heavy (non-hydrogen) atoms. The van der Waals surface area contributed by atoms with Gasteiger partial charge >= 0.3 is 0 Å². The molecule has 2 N–H and O–H groups in total. The summed E-state index contributed by atoms with van der Waals surface area (Å²) in [7, 11) is 0. The van der Waals surface area contributed by atoms with Crippen LogP contribution in [0.1, 0.15) is 11.1 Å². The summed E-state index contributed by atoms with van der Waals surface area (Å²) in [6, 6.07) is 18.7. The van der Waals surface area contributed by atoms with E-state index in [0.717, 1.165) is 11.1 Å². The maximum atomic E-state index is 12.4. The van der Waals surface area contributed by atoms with E-state index in [1.807, 2.05) is 60.7 Å². The maximum Gasteiger partial charge on any atom is 0.248 e. The van der Waals surface area contributed by atoms with E-state index in [0.29, 0.717) is 0 Å². The average Bonchev–Trinajstić information content (AvgIpc) is 2.58. The zero-order valence-corrected chi connectivity index (χ0v) is 12.6. The molecule has 0 atom stereocenters. The van der Waals surface area contributed by atoms with Crippen molar-refractivity contribution in [3.63, 3.8) is 0 Å². The van der Waals surface area contributed by atoms with E-state index in [4.69, 9.17) is 5.73 Å². The summed E-state index contributed by atoms with van der Waals surface area (Å²) in [4.78, 5) is 23.9. The molecule has 0 bridgehead atoms. The molecule has 0 aromatic heterocycles. The van der Waals surface area contributed by atoms with E-state index < -0.39 is 5.91 Å². The van der Waals surface area contributed by atoms with Gasteiger partial charge in [0.2, 0.25) is 5.91 Å². The Morgan fingerprint density at radius 3 is 1.91 bits per heavy atom. The molecule has 0 radical (unpaired) electrons. The number of allylic oxidation sites excluding steroid dienone is 1. The summed E-state index contributed by atoms with van der Waals surface area (Å²) >= 11 is 0. The summed E-state index contributed by atoms with van der Waals surface area (Å²) in [6.07, 6.45) is 4.72. The van der Waals surface area contributed by atoms with Crippen LogP contribution < -0.4 is 5.73 Å². The fourth-order valence-corrected chi connectivity index (χ4v) is 1.98. The van der Waals surface area contributed by atoms with E-state index in [1.54, 1.807) is 12.2 Å². The van der Waals surface area contributed by atoms with Crippen molar-refractivity contribution in [1.82, 2.24) is 0 Å². The van der Waals surface area contributed by atoms with Gasteiger partial charge in [-0.15, -0.1) is 0 Å². The van der Waals surface area contributed by atoms with Crippen molar-refractivity contribution in [2.75, 3.05) is 0 Å². The number of nitrogens with two attached hydrogens (primary N) is 1. The van der Waals surface area contributed by atoms with Gasteiger partial charge in [-0.2, -0.15) is 0 Å². The van der Waals surface area contributed by atoms with Crippen LogP contribution in [0.15, 0.2) is 84.5 Å². The number of amides is 1. The average molecular weight is 303 g/mol. The van der Waals surface area contributed by atoms with Crippen molar-refractivity contribution < 1.29 is 9.59 Å². The molecular formula is C20H17NO2. The second-order valence-corrected chi connectivity index (χ2v) is 4.92. The van der Waals surface area contributed by atoms with Gasteiger partial charge in [-0.3, -0.25) is 9.59 Å². The van der Waals surface area contributed by atoms with Crippen LogP contribution in [0.4, 0.5) is 0 Å². The van der Waals surface area contributed by atoms with Crippen molar-refractivity contribution in [3.8, 4) is 0 Å². The van der Waals surface area contributed by atoms with Crippen molar-refractivity contribution >= 4 is 23.8 Å². The third-order valence-corrected chi connectivity index (χ3v) is 3.23. The molecule has 0 saturated heterocycles. The predicted molar refractivity (Wildman–Crippen MR) is 93.2 cm³/mol. The van der Waals surface area contributed by atoms with Crippen LogP contribution in [0.2, 0.25) is 0 Å².